The van der Waals surface area contributed by atoms with Crippen LogP contribution in [0.2, 0.25) is 0 Å². The molecule has 0 fully saturated rings. The fourth-order valence-corrected chi connectivity index (χ4v) is 1.83. The molecule has 2 rings (SSSR count). The zero-order valence-corrected chi connectivity index (χ0v) is 10.9. The molecule has 0 aliphatic rings. The molecule has 6 heteroatoms. The summed E-state index contributed by atoms with van der Waals surface area (Å²) in [5, 5.41) is 8.60. The number of nitriles is 1. The highest BCUT2D eigenvalue weighted by Crippen LogP contribution is 2.20. The predicted molar refractivity (Wildman–Crippen MR) is 73.1 cm³/mol. The Morgan fingerprint density at radius 1 is 1.20 bits per heavy atom. The van der Waals surface area contributed by atoms with Gasteiger partial charge in [-0.3, -0.25) is 18.7 Å². The van der Waals surface area contributed by atoms with Gasteiger partial charge >= 0.3 is 11.1 Å². The van der Waals surface area contributed by atoms with E-state index in [0.29, 0.717) is 18.0 Å². The average Bonchev–Trinajstić information content (AvgIpc) is 2.46. The van der Waals surface area contributed by atoms with E-state index in [1.54, 1.807) is 24.3 Å². The van der Waals surface area contributed by atoms with E-state index in [9.17, 15) is 9.59 Å². The lowest BCUT2D eigenvalue weighted by Crippen LogP contribution is -2.39. The van der Waals surface area contributed by atoms with Crippen LogP contribution in [0.15, 0.2) is 46.2 Å². The number of benzene rings is 1. The predicted octanol–water partition coefficient (Wildman–Crippen LogP) is 0.921. The minimum absolute atomic E-state index is 0.151. The van der Waals surface area contributed by atoms with Gasteiger partial charge in [0.05, 0.1) is 18.4 Å². The number of hydrogen-bond donors (Lipinski definition) is 0. The van der Waals surface area contributed by atoms with Gasteiger partial charge in [-0.25, -0.2) is 0 Å². The Bertz CT molecular complexity index is 768. The molecule has 1 aromatic heterocycles. The highest BCUT2D eigenvalue weighted by molar-refractivity contribution is 5.46. The van der Waals surface area contributed by atoms with Crippen molar-refractivity contribution in [2.75, 3.05) is 6.61 Å². The molecule has 102 valence electrons. The molecule has 1 aromatic carbocycles. The summed E-state index contributed by atoms with van der Waals surface area (Å²) in [5.41, 5.74) is -0.948. The maximum absolute atomic E-state index is 12.1. The Kier molecular flexibility index (Phi) is 4.01. The lowest BCUT2D eigenvalue weighted by molar-refractivity contribution is 0.339. The van der Waals surface area contributed by atoms with Crippen molar-refractivity contribution in [3.05, 3.63) is 57.4 Å². The minimum Gasteiger partial charge on any atom is -0.492 e. The second-order valence-electron chi connectivity index (χ2n) is 3.97. The van der Waals surface area contributed by atoms with Crippen molar-refractivity contribution >= 4 is 0 Å². The fourth-order valence-electron chi connectivity index (χ4n) is 1.83. The van der Waals surface area contributed by atoms with E-state index in [2.05, 4.69) is 0 Å². The van der Waals surface area contributed by atoms with Crippen LogP contribution in [0.25, 0.3) is 5.69 Å². The van der Waals surface area contributed by atoms with Gasteiger partial charge in [0.2, 0.25) is 0 Å². The summed E-state index contributed by atoms with van der Waals surface area (Å²) in [6, 6.07) is 8.80. The first kappa shape index (κ1) is 13.6. The zero-order chi connectivity index (χ0) is 14.5. The molecule has 0 saturated carbocycles. The lowest BCUT2D eigenvalue weighted by Gasteiger charge is -2.12. The molecule has 0 aliphatic heterocycles. The van der Waals surface area contributed by atoms with Crippen LogP contribution >= 0.6 is 0 Å². The van der Waals surface area contributed by atoms with Crippen LogP contribution in [0.5, 0.6) is 5.75 Å². The van der Waals surface area contributed by atoms with Gasteiger partial charge in [-0.15, -0.1) is 0 Å². The second-order valence-corrected chi connectivity index (χ2v) is 3.97. The smallest absolute Gasteiger partial charge is 0.321 e. The number of nitrogens with zero attached hydrogens (tertiary/aromatic N) is 3. The molecule has 0 radical (unpaired) electrons. The third kappa shape index (κ3) is 2.47. The first-order chi connectivity index (χ1) is 9.69. The van der Waals surface area contributed by atoms with E-state index >= 15 is 0 Å². The average molecular weight is 271 g/mol. The van der Waals surface area contributed by atoms with E-state index in [0.717, 1.165) is 4.57 Å². The number of ether oxygens (including phenoxy) is 1. The van der Waals surface area contributed by atoms with Gasteiger partial charge < -0.3 is 4.74 Å². The van der Waals surface area contributed by atoms with Gasteiger partial charge in [-0.1, -0.05) is 12.1 Å². The van der Waals surface area contributed by atoms with Crippen LogP contribution in [-0.2, 0) is 6.54 Å². The molecular formula is C14H13N3O3. The summed E-state index contributed by atoms with van der Waals surface area (Å²) in [7, 11) is 0. The standard InChI is InChI=1S/C14H13N3O3/c1-2-20-12-6-4-3-5-11(12)17-10-9-16(8-7-15)13(18)14(17)19/h3-6,9-10H,2,8H2,1H3. The summed E-state index contributed by atoms with van der Waals surface area (Å²) in [4.78, 5) is 23.9. The van der Waals surface area contributed by atoms with E-state index in [4.69, 9.17) is 10.00 Å². The van der Waals surface area contributed by atoms with Crippen LogP contribution < -0.4 is 15.9 Å². The van der Waals surface area contributed by atoms with Gasteiger partial charge in [0.1, 0.15) is 12.3 Å². The summed E-state index contributed by atoms with van der Waals surface area (Å²) in [6.45, 7) is 2.14. The van der Waals surface area contributed by atoms with Gasteiger partial charge in [-0.2, -0.15) is 5.26 Å². The second kappa shape index (κ2) is 5.89. The van der Waals surface area contributed by atoms with Crippen LogP contribution in [0.4, 0.5) is 0 Å². The molecule has 0 saturated heterocycles. The molecule has 0 spiro atoms. The number of para-hydroxylation sites is 2. The van der Waals surface area contributed by atoms with Gasteiger partial charge in [-0.05, 0) is 19.1 Å². The van der Waals surface area contributed by atoms with Crippen molar-refractivity contribution in [2.45, 2.75) is 13.5 Å². The molecule has 0 atom stereocenters. The zero-order valence-electron chi connectivity index (χ0n) is 10.9. The van der Waals surface area contributed by atoms with Crippen molar-refractivity contribution in [1.29, 1.82) is 5.26 Å². The van der Waals surface area contributed by atoms with Gasteiger partial charge in [0.15, 0.2) is 0 Å². The van der Waals surface area contributed by atoms with E-state index < -0.39 is 11.1 Å². The summed E-state index contributed by atoms with van der Waals surface area (Å²) in [5.74, 6) is 0.523. The maximum atomic E-state index is 12.1. The molecule has 0 amide bonds. The minimum atomic E-state index is -0.736. The molecule has 0 unspecified atom stereocenters. The molecule has 2 aromatic rings. The van der Waals surface area contributed by atoms with Gasteiger partial charge in [0.25, 0.3) is 0 Å². The first-order valence-corrected chi connectivity index (χ1v) is 6.10. The Labute approximate surface area is 115 Å². The van der Waals surface area contributed by atoms with Crippen molar-refractivity contribution in [1.82, 2.24) is 9.13 Å². The van der Waals surface area contributed by atoms with E-state index in [1.165, 1.54) is 17.0 Å². The van der Waals surface area contributed by atoms with Crippen LogP contribution in [0, 0.1) is 11.3 Å². The summed E-state index contributed by atoms with van der Waals surface area (Å²) in [6.07, 6.45) is 2.87. The number of rotatable bonds is 4. The van der Waals surface area contributed by atoms with Crippen molar-refractivity contribution in [3.63, 3.8) is 0 Å². The Hall–Kier alpha value is -2.81. The Morgan fingerprint density at radius 2 is 1.95 bits per heavy atom. The third-order valence-electron chi connectivity index (χ3n) is 2.72. The van der Waals surface area contributed by atoms with E-state index in [-0.39, 0.29) is 6.54 Å². The monoisotopic (exact) mass is 271 g/mol. The molecule has 0 bridgehead atoms. The molecular weight excluding hydrogens is 258 g/mol. The highest BCUT2D eigenvalue weighted by Gasteiger charge is 2.10. The molecule has 0 aliphatic carbocycles. The summed E-state index contributed by atoms with van der Waals surface area (Å²) < 4.78 is 7.74. The van der Waals surface area contributed by atoms with Crippen LogP contribution in [0.1, 0.15) is 6.92 Å². The summed E-state index contributed by atoms with van der Waals surface area (Å²) >= 11 is 0. The fraction of sp³-hybridized carbons (Fsp3) is 0.214. The van der Waals surface area contributed by atoms with E-state index in [1.807, 2.05) is 13.0 Å². The third-order valence-corrected chi connectivity index (χ3v) is 2.72. The first-order valence-electron chi connectivity index (χ1n) is 6.10. The maximum Gasteiger partial charge on any atom is 0.321 e. The van der Waals surface area contributed by atoms with Crippen LogP contribution in [-0.4, -0.2) is 15.7 Å². The van der Waals surface area contributed by atoms with Gasteiger partial charge in [0, 0.05) is 12.4 Å². The Morgan fingerprint density at radius 3 is 2.65 bits per heavy atom. The topological polar surface area (TPSA) is 77.0 Å². The van der Waals surface area contributed by atoms with Crippen molar-refractivity contribution < 1.29 is 4.74 Å². The lowest BCUT2D eigenvalue weighted by atomic mass is 10.3. The van der Waals surface area contributed by atoms with Crippen LogP contribution in [0.3, 0.4) is 0 Å². The normalized spacial score (nSPS) is 10.0. The van der Waals surface area contributed by atoms with Crippen molar-refractivity contribution in [3.8, 4) is 17.5 Å². The number of aromatic nitrogens is 2. The molecule has 20 heavy (non-hydrogen) atoms. The highest BCUT2D eigenvalue weighted by atomic mass is 16.5. The largest absolute Gasteiger partial charge is 0.492 e. The number of hydrogen-bond acceptors (Lipinski definition) is 4. The molecule has 6 nitrogen and oxygen atoms in total. The Balaban J connectivity index is 2.61. The SMILES string of the molecule is CCOc1ccccc1-n1ccn(CC#N)c(=O)c1=O. The van der Waals surface area contributed by atoms with Crippen molar-refractivity contribution in [2.24, 2.45) is 0 Å². The molecule has 1 heterocycles. The molecule has 0 N–H and O–H groups in total. The quantitative estimate of drug-likeness (QED) is 0.775.